The summed E-state index contributed by atoms with van der Waals surface area (Å²) in [5, 5.41) is 11.8. The van der Waals surface area contributed by atoms with Crippen molar-refractivity contribution in [3.8, 4) is 5.69 Å². The highest BCUT2D eigenvalue weighted by Crippen LogP contribution is 2.31. The van der Waals surface area contributed by atoms with Crippen molar-refractivity contribution in [1.29, 1.82) is 0 Å². The zero-order valence-electron chi connectivity index (χ0n) is 10.7. The van der Waals surface area contributed by atoms with Crippen LogP contribution >= 0.6 is 11.8 Å². The van der Waals surface area contributed by atoms with Crippen molar-refractivity contribution in [2.45, 2.75) is 10.1 Å². The number of benzene rings is 2. The molecular formula is C14H9FN4OS. The first-order chi connectivity index (χ1) is 10.3. The Bertz CT molecular complexity index is 776. The summed E-state index contributed by atoms with van der Waals surface area (Å²) in [6.07, 6.45) is 0.613. The van der Waals surface area contributed by atoms with Gasteiger partial charge in [-0.3, -0.25) is 4.79 Å². The number of halogens is 1. The fraction of sp³-hybridized carbons (Fsp3) is 0. The minimum atomic E-state index is -0.479. The number of rotatable bonds is 4. The van der Waals surface area contributed by atoms with E-state index in [0.717, 1.165) is 17.4 Å². The number of hydrogen-bond acceptors (Lipinski definition) is 5. The first-order valence-corrected chi connectivity index (χ1v) is 6.86. The second kappa shape index (κ2) is 5.84. The summed E-state index contributed by atoms with van der Waals surface area (Å²) in [5.74, 6) is -0.479. The second-order valence-corrected chi connectivity index (χ2v) is 5.06. The van der Waals surface area contributed by atoms with Crippen molar-refractivity contribution in [3.05, 3.63) is 59.9 Å². The Labute approximate surface area is 123 Å². The number of nitrogens with zero attached hydrogens (tertiary/aromatic N) is 4. The molecule has 0 spiro atoms. The third kappa shape index (κ3) is 2.68. The molecule has 0 fully saturated rings. The van der Waals surface area contributed by atoms with Gasteiger partial charge in [-0.2, -0.15) is 4.68 Å². The topological polar surface area (TPSA) is 60.7 Å². The molecule has 0 bridgehead atoms. The summed E-state index contributed by atoms with van der Waals surface area (Å²) in [4.78, 5) is 11.2. The lowest BCUT2D eigenvalue weighted by atomic mass is 10.2. The fourth-order valence-electron chi connectivity index (χ4n) is 1.79. The smallest absolute Gasteiger partial charge is 0.219 e. The summed E-state index contributed by atoms with van der Waals surface area (Å²) >= 11 is 1.01. The molecule has 7 heteroatoms. The summed E-state index contributed by atoms with van der Waals surface area (Å²) in [5.41, 5.74) is 1.02. The number of aldehydes is 1. The molecule has 3 rings (SSSR count). The van der Waals surface area contributed by atoms with Gasteiger partial charge in [0.1, 0.15) is 5.82 Å². The highest BCUT2D eigenvalue weighted by Gasteiger charge is 2.15. The molecule has 0 aliphatic rings. The van der Waals surface area contributed by atoms with E-state index in [9.17, 15) is 9.18 Å². The Morgan fingerprint density at radius 1 is 1.10 bits per heavy atom. The van der Waals surface area contributed by atoms with Crippen molar-refractivity contribution < 1.29 is 9.18 Å². The quantitative estimate of drug-likeness (QED) is 0.693. The van der Waals surface area contributed by atoms with Crippen LogP contribution in [0.3, 0.4) is 0 Å². The molecule has 2 aromatic carbocycles. The molecule has 21 heavy (non-hydrogen) atoms. The fourth-order valence-corrected chi connectivity index (χ4v) is 2.68. The van der Waals surface area contributed by atoms with Crippen LogP contribution in [0.4, 0.5) is 4.39 Å². The highest BCUT2D eigenvalue weighted by molar-refractivity contribution is 7.99. The third-order valence-electron chi connectivity index (χ3n) is 2.76. The number of hydrogen-bond donors (Lipinski definition) is 0. The van der Waals surface area contributed by atoms with E-state index < -0.39 is 5.82 Å². The molecule has 0 saturated carbocycles. The van der Waals surface area contributed by atoms with Crippen LogP contribution in [0.5, 0.6) is 0 Å². The molecule has 0 saturated heterocycles. The molecule has 0 radical (unpaired) electrons. The molecule has 104 valence electrons. The molecule has 1 aromatic heterocycles. The standard InChI is InChI=1S/C14H9FN4OS/c15-12-8-4-5-10(9-20)13(12)21-14-16-17-18-19(14)11-6-2-1-3-7-11/h1-9H. The van der Waals surface area contributed by atoms with Gasteiger partial charge in [0.2, 0.25) is 5.16 Å². The molecule has 0 aliphatic heterocycles. The van der Waals surface area contributed by atoms with Crippen molar-refractivity contribution in [1.82, 2.24) is 20.2 Å². The van der Waals surface area contributed by atoms with Crippen molar-refractivity contribution in [2.75, 3.05) is 0 Å². The number of aromatic nitrogens is 4. The van der Waals surface area contributed by atoms with Crippen molar-refractivity contribution >= 4 is 18.0 Å². The van der Waals surface area contributed by atoms with Gasteiger partial charge in [0.25, 0.3) is 0 Å². The third-order valence-corrected chi connectivity index (χ3v) is 3.83. The zero-order valence-corrected chi connectivity index (χ0v) is 11.5. The molecule has 1 heterocycles. The van der Waals surface area contributed by atoms with E-state index in [-0.39, 0.29) is 10.5 Å². The van der Waals surface area contributed by atoms with Gasteiger partial charge in [0.05, 0.1) is 10.6 Å². The molecule has 0 atom stereocenters. The number of carbonyl (C=O) groups is 1. The highest BCUT2D eigenvalue weighted by atomic mass is 32.2. The monoisotopic (exact) mass is 300 g/mol. The maximum absolute atomic E-state index is 13.9. The second-order valence-electron chi connectivity index (χ2n) is 4.09. The first-order valence-electron chi connectivity index (χ1n) is 6.05. The van der Waals surface area contributed by atoms with Gasteiger partial charge in [-0.25, -0.2) is 4.39 Å². The van der Waals surface area contributed by atoms with Gasteiger partial charge in [-0.05, 0) is 40.4 Å². The zero-order chi connectivity index (χ0) is 14.7. The van der Waals surface area contributed by atoms with E-state index in [0.29, 0.717) is 11.4 Å². The van der Waals surface area contributed by atoms with E-state index in [1.807, 2.05) is 30.3 Å². The average Bonchev–Trinajstić information content (AvgIpc) is 2.98. The summed E-state index contributed by atoms with van der Waals surface area (Å²) in [7, 11) is 0. The number of para-hydroxylation sites is 1. The van der Waals surface area contributed by atoms with Crippen molar-refractivity contribution in [2.24, 2.45) is 0 Å². The van der Waals surface area contributed by atoms with Gasteiger partial charge in [-0.15, -0.1) is 5.10 Å². The van der Waals surface area contributed by atoms with E-state index in [1.165, 1.54) is 16.8 Å². The van der Waals surface area contributed by atoms with Crippen LogP contribution in [0.2, 0.25) is 0 Å². The number of tetrazole rings is 1. The van der Waals surface area contributed by atoms with Crippen LogP contribution in [-0.4, -0.2) is 26.5 Å². The Kier molecular flexibility index (Phi) is 3.74. The predicted molar refractivity (Wildman–Crippen MR) is 75.1 cm³/mol. The van der Waals surface area contributed by atoms with Crippen molar-refractivity contribution in [3.63, 3.8) is 0 Å². The Hall–Kier alpha value is -2.54. The maximum Gasteiger partial charge on any atom is 0.219 e. The molecule has 5 nitrogen and oxygen atoms in total. The van der Waals surface area contributed by atoms with E-state index in [1.54, 1.807) is 6.07 Å². The minimum absolute atomic E-state index is 0.208. The Morgan fingerprint density at radius 3 is 2.67 bits per heavy atom. The number of carbonyl (C=O) groups excluding carboxylic acids is 1. The van der Waals surface area contributed by atoms with E-state index >= 15 is 0 Å². The SMILES string of the molecule is O=Cc1cccc(F)c1Sc1nnnn1-c1ccccc1. The summed E-state index contributed by atoms with van der Waals surface area (Å²) < 4.78 is 15.4. The maximum atomic E-state index is 13.9. The van der Waals surface area contributed by atoms with Crippen LogP contribution in [-0.2, 0) is 0 Å². The Morgan fingerprint density at radius 2 is 1.90 bits per heavy atom. The molecule has 0 N–H and O–H groups in total. The van der Waals surface area contributed by atoms with Gasteiger partial charge >= 0.3 is 0 Å². The Balaban J connectivity index is 2.01. The lowest BCUT2D eigenvalue weighted by Crippen LogP contribution is -1.99. The minimum Gasteiger partial charge on any atom is -0.298 e. The largest absolute Gasteiger partial charge is 0.298 e. The molecule has 3 aromatic rings. The average molecular weight is 300 g/mol. The van der Waals surface area contributed by atoms with Crippen LogP contribution in [0.25, 0.3) is 5.69 Å². The predicted octanol–water partition coefficient (Wildman–Crippen LogP) is 2.77. The summed E-state index contributed by atoms with van der Waals surface area (Å²) in [6.45, 7) is 0. The molecule has 0 amide bonds. The van der Waals surface area contributed by atoms with Crippen LogP contribution in [0.1, 0.15) is 10.4 Å². The van der Waals surface area contributed by atoms with Crippen LogP contribution < -0.4 is 0 Å². The normalized spacial score (nSPS) is 10.5. The van der Waals surface area contributed by atoms with Gasteiger partial charge in [0, 0.05) is 5.56 Å². The van der Waals surface area contributed by atoms with Crippen LogP contribution in [0, 0.1) is 5.82 Å². The van der Waals surface area contributed by atoms with Gasteiger partial charge in [0.15, 0.2) is 6.29 Å². The summed E-state index contributed by atoms with van der Waals surface area (Å²) in [6, 6.07) is 13.6. The molecular weight excluding hydrogens is 291 g/mol. The molecule has 0 aliphatic carbocycles. The van der Waals surface area contributed by atoms with Gasteiger partial charge in [-0.1, -0.05) is 30.3 Å². The first kappa shape index (κ1) is 13.4. The molecule has 0 unspecified atom stereocenters. The lowest BCUT2D eigenvalue weighted by Gasteiger charge is -2.06. The van der Waals surface area contributed by atoms with Gasteiger partial charge < -0.3 is 0 Å². The van der Waals surface area contributed by atoms with E-state index in [4.69, 9.17) is 0 Å². The van der Waals surface area contributed by atoms with E-state index in [2.05, 4.69) is 15.5 Å². The van der Waals surface area contributed by atoms with Crippen LogP contribution in [0.15, 0.2) is 58.6 Å². The lowest BCUT2D eigenvalue weighted by molar-refractivity contribution is 0.112.